The number of likely N-dealkylation sites (N-methyl/N-ethyl adjacent to an activating group) is 1. The molecule has 2 saturated heterocycles. The van der Waals surface area contributed by atoms with Crippen LogP contribution in [0.4, 0.5) is 4.39 Å². The van der Waals surface area contributed by atoms with Gasteiger partial charge in [0.05, 0.1) is 6.54 Å². The zero-order valence-corrected chi connectivity index (χ0v) is 22.0. The smallest absolute Gasteiger partial charge is 0.194 e. The largest absolute Gasteiger partial charge is 0.381 e. The van der Waals surface area contributed by atoms with Gasteiger partial charge in [-0.15, -0.1) is 24.0 Å². The predicted molar refractivity (Wildman–Crippen MR) is 136 cm³/mol. The molecule has 0 atom stereocenters. The molecule has 1 N–H and O–H groups in total. The van der Waals surface area contributed by atoms with Crippen molar-refractivity contribution in [2.75, 3.05) is 66.6 Å². The zero-order chi connectivity index (χ0) is 21.6. The molecule has 0 aromatic heterocycles. The molecular formula is C22H36ClFIN5O. The minimum Gasteiger partial charge on any atom is -0.381 e. The number of aliphatic imine (C=N–C) groups is 1. The normalized spacial score (nSPS) is 19.9. The first-order valence-corrected chi connectivity index (χ1v) is 11.3. The molecule has 1 aromatic carbocycles. The van der Waals surface area contributed by atoms with Gasteiger partial charge in [0, 0.05) is 68.6 Å². The van der Waals surface area contributed by atoms with Crippen LogP contribution in [0.15, 0.2) is 23.2 Å². The first-order chi connectivity index (χ1) is 14.4. The highest BCUT2D eigenvalue weighted by atomic mass is 127. The summed E-state index contributed by atoms with van der Waals surface area (Å²) in [6.45, 7) is 9.23. The molecule has 3 rings (SSSR count). The van der Waals surface area contributed by atoms with Crippen molar-refractivity contribution in [1.29, 1.82) is 0 Å². The number of halogens is 3. The molecule has 0 unspecified atom stereocenters. The van der Waals surface area contributed by atoms with Crippen LogP contribution in [-0.2, 0) is 11.3 Å². The van der Waals surface area contributed by atoms with Crippen LogP contribution in [-0.4, -0.2) is 92.8 Å². The summed E-state index contributed by atoms with van der Waals surface area (Å²) in [6, 6.07) is 4.88. The third kappa shape index (κ3) is 6.90. The molecule has 2 fully saturated rings. The number of hydrogen-bond donors (Lipinski definition) is 1. The minimum absolute atomic E-state index is 0. The van der Waals surface area contributed by atoms with Crippen molar-refractivity contribution in [2.45, 2.75) is 31.8 Å². The Morgan fingerprint density at radius 3 is 2.48 bits per heavy atom. The van der Waals surface area contributed by atoms with Crippen LogP contribution in [0.3, 0.4) is 0 Å². The lowest BCUT2D eigenvalue weighted by Gasteiger charge is -2.42. The van der Waals surface area contributed by atoms with E-state index in [9.17, 15) is 4.39 Å². The average molecular weight is 568 g/mol. The Balaban J connectivity index is 0.00000341. The Bertz CT molecular complexity index is 702. The third-order valence-electron chi connectivity index (χ3n) is 6.35. The first kappa shape index (κ1) is 26.6. The van der Waals surface area contributed by atoms with Crippen molar-refractivity contribution >= 4 is 41.5 Å². The van der Waals surface area contributed by atoms with E-state index >= 15 is 0 Å². The van der Waals surface area contributed by atoms with Crippen LogP contribution < -0.4 is 5.32 Å². The Labute approximate surface area is 208 Å². The maximum absolute atomic E-state index is 14.1. The fourth-order valence-corrected chi connectivity index (χ4v) is 4.39. The highest BCUT2D eigenvalue weighted by Crippen LogP contribution is 2.26. The Morgan fingerprint density at radius 1 is 1.23 bits per heavy atom. The van der Waals surface area contributed by atoms with Crippen molar-refractivity contribution in [2.24, 2.45) is 4.99 Å². The topological polar surface area (TPSA) is 43.3 Å². The van der Waals surface area contributed by atoms with Crippen molar-refractivity contribution < 1.29 is 9.13 Å². The van der Waals surface area contributed by atoms with E-state index in [1.54, 1.807) is 12.1 Å². The van der Waals surface area contributed by atoms with E-state index in [4.69, 9.17) is 21.3 Å². The summed E-state index contributed by atoms with van der Waals surface area (Å²) in [5.41, 5.74) is 0.642. The molecule has 6 nitrogen and oxygen atoms in total. The molecule has 0 spiro atoms. The van der Waals surface area contributed by atoms with Gasteiger partial charge in [-0.3, -0.25) is 9.89 Å². The highest BCUT2D eigenvalue weighted by Gasteiger charge is 2.35. The monoisotopic (exact) mass is 567 g/mol. The number of piperazine rings is 1. The van der Waals surface area contributed by atoms with E-state index in [0.29, 0.717) is 17.1 Å². The molecule has 2 aliphatic rings. The van der Waals surface area contributed by atoms with E-state index in [1.807, 2.05) is 0 Å². The third-order valence-corrected chi connectivity index (χ3v) is 6.70. The lowest BCUT2D eigenvalue weighted by Crippen LogP contribution is -2.54. The summed E-state index contributed by atoms with van der Waals surface area (Å²) in [5.74, 6) is 0.735. The molecule has 1 aromatic rings. The second kappa shape index (κ2) is 12.5. The van der Waals surface area contributed by atoms with E-state index in [0.717, 1.165) is 71.3 Å². The van der Waals surface area contributed by atoms with Crippen molar-refractivity contribution in [1.82, 2.24) is 20.0 Å². The van der Waals surface area contributed by atoms with E-state index in [2.05, 4.69) is 41.0 Å². The van der Waals surface area contributed by atoms with Crippen LogP contribution in [0.25, 0.3) is 0 Å². The zero-order valence-electron chi connectivity index (χ0n) is 18.9. The number of hydrogen-bond acceptors (Lipinski definition) is 4. The summed E-state index contributed by atoms with van der Waals surface area (Å²) >= 11 is 6.20. The van der Waals surface area contributed by atoms with Crippen LogP contribution in [0.1, 0.15) is 25.3 Å². The quantitative estimate of drug-likeness (QED) is 0.325. The van der Waals surface area contributed by atoms with Gasteiger partial charge in [0.1, 0.15) is 5.82 Å². The van der Waals surface area contributed by atoms with Gasteiger partial charge in [0.2, 0.25) is 0 Å². The summed E-state index contributed by atoms with van der Waals surface area (Å²) in [6.07, 6.45) is 2.00. The molecule has 0 amide bonds. The second-order valence-corrected chi connectivity index (χ2v) is 8.77. The number of benzene rings is 1. The summed E-state index contributed by atoms with van der Waals surface area (Å²) in [7, 11) is 4.28. The van der Waals surface area contributed by atoms with Crippen molar-refractivity contribution in [3.8, 4) is 0 Å². The highest BCUT2D eigenvalue weighted by molar-refractivity contribution is 14.0. The molecule has 2 heterocycles. The van der Waals surface area contributed by atoms with Gasteiger partial charge in [-0.05, 0) is 46.0 Å². The average Bonchev–Trinajstić information content (AvgIpc) is 2.75. The van der Waals surface area contributed by atoms with Gasteiger partial charge in [-0.1, -0.05) is 17.7 Å². The number of rotatable bonds is 6. The summed E-state index contributed by atoms with van der Waals surface area (Å²) in [5, 5.41) is 3.96. The van der Waals surface area contributed by atoms with Gasteiger partial charge in [0.25, 0.3) is 0 Å². The lowest BCUT2D eigenvalue weighted by atomic mass is 9.89. The minimum atomic E-state index is -0.231. The van der Waals surface area contributed by atoms with Crippen LogP contribution in [0, 0.1) is 5.82 Å². The van der Waals surface area contributed by atoms with E-state index < -0.39 is 0 Å². The number of nitrogens with one attached hydrogen (secondary N) is 1. The van der Waals surface area contributed by atoms with Gasteiger partial charge >= 0.3 is 0 Å². The lowest BCUT2D eigenvalue weighted by molar-refractivity contribution is -0.00268. The molecule has 2 aliphatic heterocycles. The maximum Gasteiger partial charge on any atom is 0.194 e. The van der Waals surface area contributed by atoms with Gasteiger partial charge in [0.15, 0.2) is 5.96 Å². The standard InChI is InChI=1S/C22H35ClFN5O.HI/c1-4-25-21(26-17-22(27(2)3)8-14-30-15-9-22)29-12-10-28(11-13-29)16-18-19(23)6-5-7-20(18)24;/h5-7H,4,8-17H2,1-3H3,(H,25,26);1H. The van der Waals surface area contributed by atoms with Gasteiger partial charge in [-0.25, -0.2) is 4.39 Å². The molecular weight excluding hydrogens is 532 g/mol. The van der Waals surface area contributed by atoms with Crippen molar-refractivity contribution in [3.63, 3.8) is 0 Å². The summed E-state index contributed by atoms with van der Waals surface area (Å²) in [4.78, 5) is 11.9. The molecule has 0 saturated carbocycles. The molecule has 9 heteroatoms. The second-order valence-electron chi connectivity index (χ2n) is 8.36. The molecule has 0 bridgehead atoms. The number of guanidine groups is 1. The molecule has 176 valence electrons. The maximum atomic E-state index is 14.1. The van der Waals surface area contributed by atoms with Crippen LogP contribution in [0.2, 0.25) is 5.02 Å². The molecule has 0 radical (unpaired) electrons. The Hall–Kier alpha value is -0.680. The van der Waals surface area contributed by atoms with E-state index in [1.165, 1.54) is 6.07 Å². The predicted octanol–water partition coefficient (Wildman–Crippen LogP) is 3.29. The van der Waals surface area contributed by atoms with Crippen LogP contribution in [0.5, 0.6) is 0 Å². The Kier molecular flexibility index (Phi) is 10.7. The van der Waals surface area contributed by atoms with Crippen molar-refractivity contribution in [3.05, 3.63) is 34.6 Å². The fraction of sp³-hybridized carbons (Fsp3) is 0.682. The van der Waals surface area contributed by atoms with Gasteiger partial charge in [-0.2, -0.15) is 0 Å². The number of ether oxygens (including phenoxy) is 1. The molecule has 31 heavy (non-hydrogen) atoms. The van der Waals surface area contributed by atoms with Gasteiger partial charge < -0.3 is 19.9 Å². The number of nitrogens with zero attached hydrogens (tertiary/aromatic N) is 4. The molecule has 0 aliphatic carbocycles. The van der Waals surface area contributed by atoms with Crippen LogP contribution >= 0.6 is 35.6 Å². The fourth-order valence-electron chi connectivity index (χ4n) is 4.17. The summed E-state index contributed by atoms with van der Waals surface area (Å²) < 4.78 is 19.7. The Morgan fingerprint density at radius 2 is 1.90 bits per heavy atom. The first-order valence-electron chi connectivity index (χ1n) is 10.9. The SMILES string of the molecule is CCNC(=NCC1(N(C)C)CCOCC1)N1CCN(Cc2c(F)cccc2Cl)CC1.I. The van der Waals surface area contributed by atoms with E-state index in [-0.39, 0.29) is 35.3 Å².